The van der Waals surface area contributed by atoms with E-state index in [-0.39, 0.29) is 33.1 Å². The first-order valence-corrected chi connectivity index (χ1v) is 8.47. The number of amides is 1. The molecule has 2 rings (SSSR count). The molecule has 1 aromatic rings. The van der Waals surface area contributed by atoms with E-state index in [0.717, 1.165) is 4.31 Å². The second-order valence-electron chi connectivity index (χ2n) is 4.66. The molecule has 21 heavy (non-hydrogen) atoms. The summed E-state index contributed by atoms with van der Waals surface area (Å²) in [4.78, 5) is 11.7. The van der Waals surface area contributed by atoms with Crippen molar-refractivity contribution in [3.8, 4) is 0 Å². The number of halogens is 2. The Hall–Kier alpha value is -1.02. The summed E-state index contributed by atoms with van der Waals surface area (Å²) in [6.07, 6.45) is 1.08. The highest BCUT2D eigenvalue weighted by Gasteiger charge is 2.40. The lowest BCUT2D eigenvalue weighted by Gasteiger charge is -2.23. The number of anilines is 1. The molecule has 1 amide bonds. The van der Waals surface area contributed by atoms with Crippen LogP contribution < -0.4 is 11.1 Å². The number of nitrogens with zero attached hydrogens (tertiary/aromatic N) is 1. The number of hydrogen-bond acceptors (Lipinski definition) is 4. The van der Waals surface area contributed by atoms with Crippen LogP contribution in [0.5, 0.6) is 0 Å². The maximum Gasteiger partial charge on any atom is 0.245 e. The largest absolute Gasteiger partial charge is 0.396 e. The molecule has 0 saturated carbocycles. The Morgan fingerprint density at radius 2 is 2.10 bits per heavy atom. The van der Waals surface area contributed by atoms with Gasteiger partial charge in [-0.3, -0.25) is 4.79 Å². The molecule has 3 N–H and O–H groups in total. The van der Waals surface area contributed by atoms with Crippen LogP contribution in [-0.4, -0.2) is 38.3 Å². The molecule has 6 nitrogen and oxygen atoms in total. The van der Waals surface area contributed by atoms with E-state index in [1.807, 2.05) is 0 Å². The Morgan fingerprint density at radius 1 is 1.43 bits per heavy atom. The van der Waals surface area contributed by atoms with Gasteiger partial charge in [-0.25, -0.2) is 8.42 Å². The van der Waals surface area contributed by atoms with Crippen molar-refractivity contribution in [2.45, 2.75) is 23.8 Å². The number of sulfonamides is 1. The van der Waals surface area contributed by atoms with Crippen molar-refractivity contribution in [3.63, 3.8) is 0 Å². The van der Waals surface area contributed by atoms with Gasteiger partial charge in [0.1, 0.15) is 10.9 Å². The van der Waals surface area contributed by atoms with Gasteiger partial charge in [0.2, 0.25) is 15.9 Å². The number of likely N-dealkylation sites (N-methyl/N-ethyl adjacent to an activating group) is 1. The van der Waals surface area contributed by atoms with Crippen LogP contribution in [0.15, 0.2) is 17.0 Å². The zero-order valence-corrected chi connectivity index (χ0v) is 13.6. The monoisotopic (exact) mass is 351 g/mol. The number of nitrogen functional groups attached to an aromatic ring is 1. The summed E-state index contributed by atoms with van der Waals surface area (Å²) in [7, 11) is -2.44. The number of carbonyl (C=O) groups excluding carboxylic acids is 1. The highest BCUT2D eigenvalue weighted by atomic mass is 35.5. The molecule has 0 radical (unpaired) electrons. The first kappa shape index (κ1) is 16.4. The molecular formula is C12H15Cl2N3O3S. The van der Waals surface area contributed by atoms with Gasteiger partial charge in [-0.05, 0) is 25.0 Å². The lowest BCUT2D eigenvalue weighted by Crippen LogP contribution is -2.44. The molecule has 1 saturated heterocycles. The lowest BCUT2D eigenvalue weighted by atomic mass is 10.2. The van der Waals surface area contributed by atoms with E-state index in [9.17, 15) is 13.2 Å². The van der Waals surface area contributed by atoms with Gasteiger partial charge < -0.3 is 11.1 Å². The van der Waals surface area contributed by atoms with Crippen molar-refractivity contribution >= 4 is 44.8 Å². The molecule has 1 heterocycles. The third kappa shape index (κ3) is 2.83. The summed E-state index contributed by atoms with van der Waals surface area (Å²) in [5, 5.41) is 2.53. The Morgan fingerprint density at radius 3 is 2.71 bits per heavy atom. The van der Waals surface area contributed by atoms with Crippen molar-refractivity contribution in [1.82, 2.24) is 9.62 Å². The average molecular weight is 352 g/mol. The Balaban J connectivity index is 2.47. The van der Waals surface area contributed by atoms with E-state index in [0.29, 0.717) is 12.8 Å². The van der Waals surface area contributed by atoms with E-state index >= 15 is 0 Å². The average Bonchev–Trinajstić information content (AvgIpc) is 2.94. The van der Waals surface area contributed by atoms with E-state index < -0.39 is 16.1 Å². The summed E-state index contributed by atoms with van der Waals surface area (Å²) < 4.78 is 26.6. The maximum atomic E-state index is 12.7. The third-order valence-electron chi connectivity index (χ3n) is 3.43. The number of rotatable bonds is 3. The number of carbonyl (C=O) groups is 1. The molecule has 0 aliphatic carbocycles. The number of nitrogens with one attached hydrogen (secondary N) is 1. The van der Waals surface area contributed by atoms with Crippen LogP contribution in [0.25, 0.3) is 0 Å². The summed E-state index contributed by atoms with van der Waals surface area (Å²) in [6, 6.07) is 1.95. The fourth-order valence-electron chi connectivity index (χ4n) is 2.33. The fraction of sp³-hybridized carbons (Fsp3) is 0.417. The van der Waals surface area contributed by atoms with Gasteiger partial charge in [-0.1, -0.05) is 23.2 Å². The fourth-order valence-corrected chi connectivity index (χ4v) is 4.73. The first-order chi connectivity index (χ1) is 9.80. The van der Waals surface area contributed by atoms with E-state index in [1.54, 1.807) is 0 Å². The van der Waals surface area contributed by atoms with Crippen molar-refractivity contribution in [2.75, 3.05) is 19.3 Å². The minimum Gasteiger partial charge on any atom is -0.396 e. The summed E-state index contributed by atoms with van der Waals surface area (Å²) in [5.41, 5.74) is 5.68. The Kier molecular flexibility index (Phi) is 4.67. The second kappa shape index (κ2) is 6.00. The van der Waals surface area contributed by atoms with Crippen LogP contribution in [0.3, 0.4) is 0 Å². The lowest BCUT2D eigenvalue weighted by molar-refractivity contribution is -0.123. The minimum absolute atomic E-state index is 0.00935. The van der Waals surface area contributed by atoms with Crippen LogP contribution in [0, 0.1) is 0 Å². The van der Waals surface area contributed by atoms with Crippen molar-refractivity contribution in [1.29, 1.82) is 0 Å². The van der Waals surface area contributed by atoms with Crippen molar-refractivity contribution < 1.29 is 13.2 Å². The summed E-state index contributed by atoms with van der Waals surface area (Å²) in [5.74, 6) is -0.339. The quantitative estimate of drug-likeness (QED) is 0.806. The van der Waals surface area contributed by atoms with Crippen LogP contribution in [0.2, 0.25) is 10.0 Å². The predicted octanol–water partition coefficient (Wildman–Crippen LogP) is 1.47. The van der Waals surface area contributed by atoms with E-state index in [2.05, 4.69) is 5.32 Å². The molecule has 0 aromatic heterocycles. The Labute approximate surface area is 133 Å². The molecule has 9 heteroatoms. The highest BCUT2D eigenvalue weighted by Crippen LogP contribution is 2.36. The van der Waals surface area contributed by atoms with Gasteiger partial charge in [0, 0.05) is 13.6 Å². The van der Waals surface area contributed by atoms with Crippen molar-refractivity contribution in [3.05, 3.63) is 22.2 Å². The molecule has 116 valence electrons. The summed E-state index contributed by atoms with van der Waals surface area (Å²) in [6.45, 7) is 0.263. The minimum atomic E-state index is -3.91. The topological polar surface area (TPSA) is 92.5 Å². The molecule has 0 spiro atoms. The number of benzene rings is 1. The third-order valence-corrected chi connectivity index (χ3v) is 6.23. The number of nitrogens with two attached hydrogens (primary N) is 1. The molecule has 1 atom stereocenters. The standard InChI is InChI=1S/C12H15Cl2N3O3S/c1-16-12(18)8-3-2-6-17(8)21(19,20)9-5-4-7(13)11(15)10(9)14/h4-5,8H,2-3,6,15H2,1H3,(H,16,18). The zero-order chi connectivity index (χ0) is 15.8. The van der Waals surface area contributed by atoms with E-state index in [4.69, 9.17) is 28.9 Å². The molecule has 1 aliphatic rings. The zero-order valence-electron chi connectivity index (χ0n) is 11.3. The molecule has 0 bridgehead atoms. The van der Waals surface area contributed by atoms with Gasteiger partial charge in [0.25, 0.3) is 0 Å². The van der Waals surface area contributed by atoms with Crippen LogP contribution >= 0.6 is 23.2 Å². The van der Waals surface area contributed by atoms with Gasteiger partial charge in [-0.15, -0.1) is 0 Å². The molecule has 1 fully saturated rings. The number of hydrogen-bond donors (Lipinski definition) is 2. The molecule has 1 aromatic carbocycles. The SMILES string of the molecule is CNC(=O)C1CCCN1S(=O)(=O)c1ccc(Cl)c(N)c1Cl. The van der Waals surface area contributed by atoms with Gasteiger partial charge in [-0.2, -0.15) is 4.31 Å². The van der Waals surface area contributed by atoms with Gasteiger partial charge in [0.15, 0.2) is 0 Å². The second-order valence-corrected chi connectivity index (χ2v) is 7.31. The normalized spacial score (nSPS) is 19.7. The predicted molar refractivity (Wildman–Crippen MR) is 81.9 cm³/mol. The first-order valence-electron chi connectivity index (χ1n) is 6.27. The molecule has 1 unspecified atom stereocenters. The molecular weight excluding hydrogens is 337 g/mol. The maximum absolute atomic E-state index is 12.7. The van der Waals surface area contributed by atoms with Crippen LogP contribution in [-0.2, 0) is 14.8 Å². The smallest absolute Gasteiger partial charge is 0.245 e. The van der Waals surface area contributed by atoms with Crippen molar-refractivity contribution in [2.24, 2.45) is 0 Å². The Bertz CT molecular complexity index is 679. The van der Waals surface area contributed by atoms with Gasteiger partial charge >= 0.3 is 0 Å². The highest BCUT2D eigenvalue weighted by molar-refractivity contribution is 7.89. The summed E-state index contributed by atoms with van der Waals surface area (Å²) >= 11 is 11.8. The van der Waals surface area contributed by atoms with Crippen LogP contribution in [0.4, 0.5) is 5.69 Å². The van der Waals surface area contributed by atoms with Crippen LogP contribution in [0.1, 0.15) is 12.8 Å². The van der Waals surface area contributed by atoms with Gasteiger partial charge in [0.05, 0.1) is 15.7 Å². The van der Waals surface area contributed by atoms with E-state index in [1.165, 1.54) is 19.2 Å². The molecule has 1 aliphatic heterocycles.